The van der Waals surface area contributed by atoms with Gasteiger partial charge in [-0.25, -0.2) is 0 Å². The molecule has 1 aromatic rings. The summed E-state index contributed by atoms with van der Waals surface area (Å²) in [5.41, 5.74) is 1.10. The highest BCUT2D eigenvalue weighted by molar-refractivity contribution is 5.03. The Morgan fingerprint density at radius 3 is 3.27 bits per heavy atom. The summed E-state index contributed by atoms with van der Waals surface area (Å²) in [4.78, 5) is 0. The van der Waals surface area contributed by atoms with E-state index in [1.165, 1.54) is 0 Å². The van der Waals surface area contributed by atoms with Crippen LogP contribution in [-0.4, -0.2) is 16.8 Å². The molecule has 1 rings (SSSR count). The van der Waals surface area contributed by atoms with Crippen LogP contribution in [0.25, 0.3) is 0 Å². The zero-order valence-electron chi connectivity index (χ0n) is 6.41. The van der Waals surface area contributed by atoms with E-state index in [4.69, 9.17) is 5.26 Å². The Morgan fingerprint density at radius 2 is 2.64 bits per heavy atom. The second-order valence-electron chi connectivity index (χ2n) is 2.23. The van der Waals surface area contributed by atoms with Gasteiger partial charge in [0.15, 0.2) is 0 Å². The second-order valence-corrected chi connectivity index (χ2v) is 2.23. The summed E-state index contributed by atoms with van der Waals surface area (Å²) in [6, 6.07) is 2.02. The number of hydrogen-bond donors (Lipinski definition) is 1. The molecule has 4 heteroatoms. The Balaban J connectivity index is 2.60. The molecular formula is C7H10N4. The molecule has 0 amide bonds. The van der Waals surface area contributed by atoms with Crippen molar-refractivity contribution in [3.63, 3.8) is 0 Å². The molecular weight excluding hydrogens is 140 g/mol. The van der Waals surface area contributed by atoms with Gasteiger partial charge in [0.25, 0.3) is 0 Å². The fraction of sp³-hybridized carbons (Fsp3) is 0.429. The molecule has 0 unspecified atom stereocenters. The minimum absolute atomic E-state index is 0.323. The Labute approximate surface area is 65.4 Å². The first-order valence-corrected chi connectivity index (χ1v) is 3.39. The predicted octanol–water partition coefficient (Wildman–Crippen LogP) is 0.126. The van der Waals surface area contributed by atoms with Crippen LogP contribution in [-0.2, 0) is 13.1 Å². The van der Waals surface area contributed by atoms with Crippen molar-refractivity contribution >= 4 is 0 Å². The highest BCUT2D eigenvalue weighted by atomic mass is 15.3. The highest BCUT2D eigenvalue weighted by Crippen LogP contribution is 1.95. The SMILES string of the molecule is CNCc1cnn(CC#N)c1. The predicted molar refractivity (Wildman–Crippen MR) is 40.6 cm³/mol. The van der Waals surface area contributed by atoms with Crippen LogP contribution < -0.4 is 5.32 Å². The van der Waals surface area contributed by atoms with Crippen LogP contribution >= 0.6 is 0 Å². The number of nitriles is 1. The number of nitrogens with one attached hydrogen (secondary N) is 1. The van der Waals surface area contributed by atoms with Crippen molar-refractivity contribution in [3.05, 3.63) is 18.0 Å². The molecule has 0 spiro atoms. The van der Waals surface area contributed by atoms with E-state index in [-0.39, 0.29) is 0 Å². The van der Waals surface area contributed by atoms with E-state index < -0.39 is 0 Å². The molecule has 0 radical (unpaired) electrons. The minimum Gasteiger partial charge on any atom is -0.316 e. The van der Waals surface area contributed by atoms with Crippen LogP contribution in [0, 0.1) is 11.3 Å². The molecule has 1 N–H and O–H groups in total. The van der Waals surface area contributed by atoms with Crippen molar-refractivity contribution in [2.24, 2.45) is 0 Å². The van der Waals surface area contributed by atoms with Gasteiger partial charge in [-0.2, -0.15) is 10.4 Å². The summed E-state index contributed by atoms with van der Waals surface area (Å²) in [7, 11) is 1.88. The van der Waals surface area contributed by atoms with Crippen molar-refractivity contribution in [1.82, 2.24) is 15.1 Å². The van der Waals surface area contributed by atoms with E-state index in [1.54, 1.807) is 10.9 Å². The average Bonchev–Trinajstić information content (AvgIpc) is 2.38. The first-order chi connectivity index (χ1) is 5.36. The van der Waals surface area contributed by atoms with E-state index >= 15 is 0 Å². The molecule has 1 aromatic heterocycles. The van der Waals surface area contributed by atoms with Crippen LogP contribution in [0.5, 0.6) is 0 Å². The van der Waals surface area contributed by atoms with Crippen molar-refractivity contribution in [2.45, 2.75) is 13.1 Å². The Bertz CT molecular complexity index is 258. The molecule has 0 saturated heterocycles. The van der Waals surface area contributed by atoms with Gasteiger partial charge in [-0.1, -0.05) is 0 Å². The normalized spacial score (nSPS) is 9.45. The van der Waals surface area contributed by atoms with Crippen molar-refractivity contribution in [2.75, 3.05) is 7.05 Å². The lowest BCUT2D eigenvalue weighted by Gasteiger charge is -1.91. The van der Waals surface area contributed by atoms with Crippen molar-refractivity contribution in [3.8, 4) is 6.07 Å². The maximum atomic E-state index is 8.33. The van der Waals surface area contributed by atoms with Gasteiger partial charge in [-0.3, -0.25) is 4.68 Å². The molecule has 0 aromatic carbocycles. The quantitative estimate of drug-likeness (QED) is 0.666. The molecule has 4 nitrogen and oxygen atoms in total. The molecule has 0 aliphatic rings. The minimum atomic E-state index is 0.323. The summed E-state index contributed by atoms with van der Waals surface area (Å²) in [5, 5.41) is 15.3. The number of aromatic nitrogens is 2. The largest absolute Gasteiger partial charge is 0.316 e. The van der Waals surface area contributed by atoms with Gasteiger partial charge in [0, 0.05) is 18.3 Å². The lowest BCUT2D eigenvalue weighted by atomic mass is 10.4. The molecule has 0 aliphatic carbocycles. The van der Waals surface area contributed by atoms with E-state index in [1.807, 2.05) is 19.3 Å². The van der Waals surface area contributed by atoms with E-state index in [0.29, 0.717) is 6.54 Å². The summed E-state index contributed by atoms with van der Waals surface area (Å²) in [6.45, 7) is 1.12. The van der Waals surface area contributed by atoms with Gasteiger partial charge in [0.05, 0.1) is 12.3 Å². The van der Waals surface area contributed by atoms with Gasteiger partial charge in [0.1, 0.15) is 6.54 Å². The van der Waals surface area contributed by atoms with E-state index in [9.17, 15) is 0 Å². The third kappa shape index (κ3) is 2.06. The van der Waals surface area contributed by atoms with Crippen LogP contribution in [0.15, 0.2) is 12.4 Å². The molecule has 0 bridgehead atoms. The first kappa shape index (κ1) is 7.76. The maximum absolute atomic E-state index is 8.33. The smallest absolute Gasteiger partial charge is 0.128 e. The van der Waals surface area contributed by atoms with Crippen LogP contribution in [0.1, 0.15) is 5.56 Å². The van der Waals surface area contributed by atoms with Gasteiger partial charge in [0.2, 0.25) is 0 Å². The molecule has 11 heavy (non-hydrogen) atoms. The van der Waals surface area contributed by atoms with Crippen molar-refractivity contribution < 1.29 is 0 Å². The van der Waals surface area contributed by atoms with Crippen LogP contribution in [0.2, 0.25) is 0 Å². The highest BCUT2D eigenvalue weighted by Gasteiger charge is 1.94. The average molecular weight is 150 g/mol. The number of nitrogens with zero attached hydrogens (tertiary/aromatic N) is 3. The number of rotatable bonds is 3. The van der Waals surface area contributed by atoms with Crippen LogP contribution in [0.3, 0.4) is 0 Å². The Kier molecular flexibility index (Phi) is 2.64. The Morgan fingerprint density at radius 1 is 1.82 bits per heavy atom. The van der Waals surface area contributed by atoms with Crippen LogP contribution in [0.4, 0.5) is 0 Å². The zero-order valence-corrected chi connectivity index (χ0v) is 6.41. The topological polar surface area (TPSA) is 53.6 Å². The molecule has 0 saturated carbocycles. The number of hydrogen-bond acceptors (Lipinski definition) is 3. The zero-order chi connectivity index (χ0) is 8.10. The van der Waals surface area contributed by atoms with E-state index in [2.05, 4.69) is 10.4 Å². The molecule has 0 fully saturated rings. The van der Waals surface area contributed by atoms with Gasteiger partial charge in [-0.05, 0) is 7.05 Å². The molecule has 58 valence electrons. The summed E-state index contributed by atoms with van der Waals surface area (Å²) in [6.07, 6.45) is 3.62. The second kappa shape index (κ2) is 3.74. The van der Waals surface area contributed by atoms with Crippen molar-refractivity contribution in [1.29, 1.82) is 5.26 Å². The standard InChI is InChI=1S/C7H10N4/c1-9-4-7-5-10-11(6-7)3-2-8/h5-6,9H,3-4H2,1H3. The fourth-order valence-corrected chi connectivity index (χ4v) is 0.861. The fourth-order valence-electron chi connectivity index (χ4n) is 0.861. The monoisotopic (exact) mass is 150 g/mol. The summed E-state index contributed by atoms with van der Waals surface area (Å²) < 4.78 is 1.62. The molecule has 0 aliphatic heterocycles. The van der Waals surface area contributed by atoms with Gasteiger partial charge in [-0.15, -0.1) is 0 Å². The Hall–Kier alpha value is -1.34. The van der Waals surface area contributed by atoms with E-state index in [0.717, 1.165) is 12.1 Å². The van der Waals surface area contributed by atoms with Gasteiger partial charge >= 0.3 is 0 Å². The summed E-state index contributed by atoms with van der Waals surface area (Å²) in [5.74, 6) is 0. The summed E-state index contributed by atoms with van der Waals surface area (Å²) >= 11 is 0. The third-order valence-electron chi connectivity index (χ3n) is 1.30. The molecule has 1 heterocycles. The molecule has 0 atom stereocenters. The lowest BCUT2D eigenvalue weighted by molar-refractivity contribution is 0.708. The first-order valence-electron chi connectivity index (χ1n) is 3.39. The lowest BCUT2D eigenvalue weighted by Crippen LogP contribution is -2.03. The van der Waals surface area contributed by atoms with Gasteiger partial charge < -0.3 is 5.32 Å². The maximum Gasteiger partial charge on any atom is 0.128 e. The third-order valence-corrected chi connectivity index (χ3v) is 1.30.